The first-order valence-electron chi connectivity index (χ1n) is 2.97. The first-order chi connectivity index (χ1) is 4.41. The van der Waals surface area contributed by atoms with Gasteiger partial charge < -0.3 is 5.11 Å². The third-order valence-electron chi connectivity index (χ3n) is 1.44. The Labute approximate surface area is 77.3 Å². The van der Waals surface area contributed by atoms with Crippen molar-refractivity contribution in [3.63, 3.8) is 0 Å². The third-order valence-corrected chi connectivity index (χ3v) is 4.47. The van der Waals surface area contributed by atoms with Gasteiger partial charge >= 0.3 is 5.97 Å². The van der Waals surface area contributed by atoms with Crippen LogP contribution in [0.1, 0.15) is 20.3 Å². The molecule has 0 aromatic rings. The lowest BCUT2D eigenvalue weighted by molar-refractivity contribution is -0.136. The summed E-state index contributed by atoms with van der Waals surface area (Å²) >= 11 is 6.40. The molecule has 0 heterocycles. The van der Waals surface area contributed by atoms with E-state index >= 15 is 0 Å². The summed E-state index contributed by atoms with van der Waals surface area (Å²) in [5.74, 6) is -0.832. The number of carboxylic acids is 1. The Morgan fingerprint density at radius 1 is 1.80 bits per heavy atom. The van der Waals surface area contributed by atoms with Crippen LogP contribution in [0.5, 0.6) is 0 Å². The lowest BCUT2D eigenvalue weighted by Crippen LogP contribution is -2.34. The van der Waals surface area contributed by atoms with Crippen LogP contribution >= 0.6 is 31.9 Å². The Morgan fingerprint density at radius 2 is 2.20 bits per heavy atom. The standard InChI is InChI=1S/C6H10Br2O2/c1-3-6(2,8)4(7)5(9)10/h4H,3H2,1-2H3,(H,9,10). The molecule has 0 aliphatic rings. The molecule has 0 radical (unpaired) electrons. The van der Waals surface area contributed by atoms with Crippen molar-refractivity contribution in [3.8, 4) is 0 Å². The van der Waals surface area contributed by atoms with Crippen molar-refractivity contribution in [1.82, 2.24) is 0 Å². The number of aliphatic carboxylic acids is 1. The lowest BCUT2D eigenvalue weighted by Gasteiger charge is -2.22. The van der Waals surface area contributed by atoms with Gasteiger partial charge in [0.05, 0.1) is 0 Å². The van der Waals surface area contributed by atoms with Gasteiger partial charge in [0.2, 0.25) is 0 Å². The van der Waals surface area contributed by atoms with Gasteiger partial charge in [0, 0.05) is 4.32 Å². The van der Waals surface area contributed by atoms with Crippen molar-refractivity contribution in [1.29, 1.82) is 0 Å². The Hall–Kier alpha value is 0.430. The van der Waals surface area contributed by atoms with Crippen molar-refractivity contribution in [2.45, 2.75) is 29.4 Å². The van der Waals surface area contributed by atoms with Gasteiger partial charge in [0.15, 0.2) is 0 Å². The fourth-order valence-corrected chi connectivity index (χ4v) is 0.956. The second kappa shape index (κ2) is 3.72. The van der Waals surface area contributed by atoms with E-state index in [-0.39, 0.29) is 4.32 Å². The number of halogens is 2. The molecule has 2 unspecified atom stereocenters. The highest BCUT2D eigenvalue weighted by Crippen LogP contribution is 2.30. The third kappa shape index (κ3) is 2.58. The van der Waals surface area contributed by atoms with E-state index in [1.807, 2.05) is 13.8 Å². The molecule has 10 heavy (non-hydrogen) atoms. The maximum Gasteiger partial charge on any atom is 0.318 e. The van der Waals surface area contributed by atoms with Crippen LogP contribution in [0.3, 0.4) is 0 Å². The zero-order chi connectivity index (χ0) is 8.36. The molecule has 1 N–H and O–H groups in total. The predicted octanol–water partition coefficient (Wildman–Crippen LogP) is 2.40. The minimum atomic E-state index is -0.832. The second-order valence-corrected chi connectivity index (χ2v) is 5.06. The van der Waals surface area contributed by atoms with Crippen molar-refractivity contribution >= 4 is 37.8 Å². The molecule has 2 nitrogen and oxygen atoms in total. The molecule has 0 aliphatic heterocycles. The fourth-order valence-electron chi connectivity index (χ4n) is 0.437. The van der Waals surface area contributed by atoms with Gasteiger partial charge in [-0.05, 0) is 13.3 Å². The maximum absolute atomic E-state index is 10.4. The van der Waals surface area contributed by atoms with Crippen LogP contribution in [0.2, 0.25) is 0 Å². The van der Waals surface area contributed by atoms with Crippen molar-refractivity contribution in [2.24, 2.45) is 0 Å². The van der Waals surface area contributed by atoms with Crippen LogP contribution in [-0.2, 0) is 4.79 Å². The molecule has 0 spiro atoms. The van der Waals surface area contributed by atoms with E-state index in [1.165, 1.54) is 0 Å². The van der Waals surface area contributed by atoms with Crippen LogP contribution in [0.4, 0.5) is 0 Å². The SMILES string of the molecule is CCC(C)(Br)C(Br)C(=O)O. The van der Waals surface area contributed by atoms with Crippen molar-refractivity contribution in [3.05, 3.63) is 0 Å². The fraction of sp³-hybridized carbons (Fsp3) is 0.833. The van der Waals surface area contributed by atoms with E-state index in [2.05, 4.69) is 31.9 Å². The maximum atomic E-state index is 10.4. The average molecular weight is 274 g/mol. The second-order valence-electron chi connectivity index (χ2n) is 2.33. The molecular formula is C6H10Br2O2. The van der Waals surface area contributed by atoms with E-state index in [4.69, 9.17) is 5.11 Å². The first kappa shape index (κ1) is 10.4. The van der Waals surface area contributed by atoms with Crippen LogP contribution < -0.4 is 0 Å². The number of hydrogen-bond donors (Lipinski definition) is 1. The highest BCUT2D eigenvalue weighted by atomic mass is 79.9. The van der Waals surface area contributed by atoms with Gasteiger partial charge in [-0.2, -0.15) is 0 Å². The molecule has 2 atom stereocenters. The highest BCUT2D eigenvalue weighted by Gasteiger charge is 2.32. The summed E-state index contributed by atoms with van der Waals surface area (Å²) in [6, 6.07) is 0. The zero-order valence-electron chi connectivity index (χ0n) is 5.90. The minimum absolute atomic E-state index is 0.348. The van der Waals surface area contributed by atoms with E-state index in [0.29, 0.717) is 0 Å². The number of carboxylic acid groups (broad SMARTS) is 1. The quantitative estimate of drug-likeness (QED) is 0.802. The number of hydrogen-bond acceptors (Lipinski definition) is 1. The molecule has 0 amide bonds. The van der Waals surface area contributed by atoms with Gasteiger partial charge in [-0.3, -0.25) is 4.79 Å². The van der Waals surface area contributed by atoms with Gasteiger partial charge in [-0.15, -0.1) is 0 Å². The predicted molar refractivity (Wildman–Crippen MR) is 48.0 cm³/mol. The molecule has 0 rings (SSSR count). The normalized spacial score (nSPS) is 19.6. The molecule has 0 saturated heterocycles. The smallest absolute Gasteiger partial charge is 0.318 e. The lowest BCUT2D eigenvalue weighted by atomic mass is 10.1. The molecular weight excluding hydrogens is 264 g/mol. The molecule has 0 aromatic heterocycles. The molecule has 0 aliphatic carbocycles. The minimum Gasteiger partial charge on any atom is -0.480 e. The van der Waals surface area contributed by atoms with Gasteiger partial charge in [-0.1, -0.05) is 38.8 Å². The van der Waals surface area contributed by atoms with E-state index < -0.39 is 10.8 Å². The Kier molecular flexibility index (Phi) is 3.88. The van der Waals surface area contributed by atoms with Crippen LogP contribution in [-0.4, -0.2) is 20.2 Å². The van der Waals surface area contributed by atoms with Crippen LogP contribution in [0.15, 0.2) is 0 Å². The van der Waals surface area contributed by atoms with Gasteiger partial charge in [0.1, 0.15) is 4.83 Å². The average Bonchev–Trinajstić information content (AvgIpc) is 1.86. The molecule has 60 valence electrons. The van der Waals surface area contributed by atoms with Crippen molar-refractivity contribution < 1.29 is 9.90 Å². The number of rotatable bonds is 3. The Bertz CT molecular complexity index is 134. The van der Waals surface area contributed by atoms with Crippen molar-refractivity contribution in [2.75, 3.05) is 0 Å². The molecule has 0 fully saturated rings. The largest absolute Gasteiger partial charge is 0.480 e. The summed E-state index contributed by atoms with van der Waals surface area (Å²) in [6.07, 6.45) is 0.773. The number of carbonyl (C=O) groups is 1. The highest BCUT2D eigenvalue weighted by molar-refractivity contribution is 9.12. The van der Waals surface area contributed by atoms with E-state index in [9.17, 15) is 4.79 Å². The number of alkyl halides is 2. The summed E-state index contributed by atoms with van der Waals surface area (Å²) in [4.78, 5) is 9.90. The molecule has 0 saturated carbocycles. The topological polar surface area (TPSA) is 37.3 Å². The summed E-state index contributed by atoms with van der Waals surface area (Å²) in [5.41, 5.74) is 0. The van der Waals surface area contributed by atoms with Crippen LogP contribution in [0.25, 0.3) is 0 Å². The van der Waals surface area contributed by atoms with Gasteiger partial charge in [0.25, 0.3) is 0 Å². The molecule has 0 aromatic carbocycles. The summed E-state index contributed by atoms with van der Waals surface area (Å²) in [5, 5.41) is 8.57. The van der Waals surface area contributed by atoms with E-state index in [1.54, 1.807) is 0 Å². The van der Waals surface area contributed by atoms with Gasteiger partial charge in [-0.25, -0.2) is 0 Å². The Balaban J connectivity index is 4.17. The molecule has 4 heteroatoms. The van der Waals surface area contributed by atoms with E-state index in [0.717, 1.165) is 6.42 Å². The zero-order valence-corrected chi connectivity index (χ0v) is 9.07. The monoisotopic (exact) mass is 272 g/mol. The summed E-state index contributed by atoms with van der Waals surface area (Å²) < 4.78 is -0.348. The first-order valence-corrected chi connectivity index (χ1v) is 4.68. The Morgan fingerprint density at radius 3 is 2.30 bits per heavy atom. The molecule has 0 bridgehead atoms. The summed E-state index contributed by atoms with van der Waals surface area (Å²) in [6.45, 7) is 3.78. The van der Waals surface area contributed by atoms with Crippen LogP contribution in [0, 0.1) is 0 Å². The summed E-state index contributed by atoms with van der Waals surface area (Å²) in [7, 11) is 0.